The van der Waals surface area contributed by atoms with Gasteiger partial charge >= 0.3 is 5.97 Å². The minimum absolute atomic E-state index is 0.00497. The van der Waals surface area contributed by atoms with E-state index in [1.54, 1.807) is 34.1 Å². The highest BCUT2D eigenvalue weighted by Gasteiger charge is 2.27. The first-order valence-electron chi connectivity index (χ1n) is 9.81. The lowest BCUT2D eigenvalue weighted by Gasteiger charge is -2.35. The third-order valence-electron chi connectivity index (χ3n) is 4.74. The Bertz CT molecular complexity index is 738. The minimum Gasteiger partial charge on any atom is -0.494 e. The van der Waals surface area contributed by atoms with E-state index in [9.17, 15) is 19.2 Å². The van der Waals surface area contributed by atoms with Gasteiger partial charge in [-0.25, -0.2) is 0 Å². The molecular weight excluding hydrogens is 376 g/mol. The number of hydrogen-bond donors (Lipinski definition) is 0. The largest absolute Gasteiger partial charge is 0.494 e. The summed E-state index contributed by atoms with van der Waals surface area (Å²) in [5.41, 5.74) is 0.494. The Kier molecular flexibility index (Phi) is 8.18. The summed E-state index contributed by atoms with van der Waals surface area (Å²) in [6, 6.07) is 6.74. The lowest BCUT2D eigenvalue weighted by Crippen LogP contribution is -2.52. The maximum Gasteiger partial charge on any atom is 0.307 e. The summed E-state index contributed by atoms with van der Waals surface area (Å²) in [4.78, 5) is 51.3. The number of esters is 1. The molecule has 1 atom stereocenters. The number of carbonyl (C=O) groups is 4. The highest BCUT2D eigenvalue weighted by molar-refractivity contribution is 5.97. The van der Waals surface area contributed by atoms with Gasteiger partial charge in [0.2, 0.25) is 5.91 Å². The van der Waals surface area contributed by atoms with Crippen molar-refractivity contribution >= 4 is 23.6 Å². The van der Waals surface area contributed by atoms with Crippen LogP contribution < -0.4 is 4.74 Å². The molecule has 0 spiro atoms. The van der Waals surface area contributed by atoms with Gasteiger partial charge in [-0.3, -0.25) is 19.2 Å². The van der Waals surface area contributed by atoms with Crippen LogP contribution in [0.3, 0.4) is 0 Å². The average Bonchev–Trinajstić information content (AvgIpc) is 2.72. The Morgan fingerprint density at radius 3 is 2.10 bits per heavy atom. The van der Waals surface area contributed by atoms with E-state index in [4.69, 9.17) is 9.47 Å². The van der Waals surface area contributed by atoms with E-state index in [0.29, 0.717) is 44.1 Å². The Morgan fingerprint density at radius 1 is 0.966 bits per heavy atom. The predicted octanol–water partition coefficient (Wildman–Crippen LogP) is 1.67. The third kappa shape index (κ3) is 6.58. The Labute approximate surface area is 170 Å². The number of rotatable bonds is 8. The summed E-state index contributed by atoms with van der Waals surface area (Å²) in [6.07, 6.45) is -1.01. The molecule has 1 aliphatic heterocycles. The number of Topliss-reactive ketones (excluding diaryl/α,β-unsaturated/α-hetero) is 1. The monoisotopic (exact) mass is 404 g/mol. The summed E-state index contributed by atoms with van der Waals surface area (Å²) in [7, 11) is 0. The molecule has 1 saturated heterocycles. The molecule has 1 aliphatic rings. The smallest absolute Gasteiger partial charge is 0.307 e. The number of ketones is 1. The van der Waals surface area contributed by atoms with Crippen molar-refractivity contribution in [2.24, 2.45) is 0 Å². The molecule has 1 fully saturated rings. The van der Waals surface area contributed by atoms with E-state index in [1.165, 1.54) is 13.8 Å². The second-order valence-corrected chi connectivity index (χ2v) is 6.84. The van der Waals surface area contributed by atoms with Crippen molar-refractivity contribution < 1.29 is 28.7 Å². The molecule has 0 N–H and O–H groups in total. The van der Waals surface area contributed by atoms with Crippen LogP contribution in [0.25, 0.3) is 0 Å². The summed E-state index contributed by atoms with van der Waals surface area (Å²) in [5.74, 6) is -0.398. The molecule has 0 saturated carbocycles. The van der Waals surface area contributed by atoms with Crippen LogP contribution in [0.1, 0.15) is 44.0 Å². The SMILES string of the molecule is CCOc1ccc(C(=O)CCC(=O)OC(C)C(=O)N2CCN(C(C)=O)CC2)cc1. The topological polar surface area (TPSA) is 93.2 Å². The highest BCUT2D eigenvalue weighted by atomic mass is 16.5. The maximum atomic E-state index is 12.4. The molecule has 1 aromatic carbocycles. The van der Waals surface area contributed by atoms with E-state index in [2.05, 4.69) is 0 Å². The molecule has 2 rings (SSSR count). The van der Waals surface area contributed by atoms with Gasteiger partial charge in [-0.2, -0.15) is 0 Å². The minimum atomic E-state index is -0.924. The van der Waals surface area contributed by atoms with E-state index in [0.717, 1.165) is 0 Å². The normalized spacial score (nSPS) is 14.9. The standard InChI is InChI=1S/C21H28N2O6/c1-4-28-18-7-5-17(6-8-18)19(25)9-10-20(26)29-15(2)21(27)23-13-11-22(12-14-23)16(3)24/h5-8,15H,4,9-14H2,1-3H3. The summed E-state index contributed by atoms with van der Waals surface area (Å²) >= 11 is 0. The molecular formula is C21H28N2O6. The molecule has 0 aromatic heterocycles. The molecule has 1 unspecified atom stereocenters. The fraction of sp³-hybridized carbons (Fsp3) is 0.524. The van der Waals surface area contributed by atoms with Crippen LogP contribution in [0.4, 0.5) is 0 Å². The van der Waals surface area contributed by atoms with Gasteiger partial charge in [0.15, 0.2) is 11.9 Å². The van der Waals surface area contributed by atoms with E-state index >= 15 is 0 Å². The fourth-order valence-electron chi connectivity index (χ4n) is 3.07. The summed E-state index contributed by atoms with van der Waals surface area (Å²) in [6.45, 7) is 7.21. The first-order valence-corrected chi connectivity index (χ1v) is 9.81. The van der Waals surface area contributed by atoms with Crippen molar-refractivity contribution in [1.29, 1.82) is 0 Å². The zero-order valence-corrected chi connectivity index (χ0v) is 17.2. The fourth-order valence-corrected chi connectivity index (χ4v) is 3.07. The number of benzene rings is 1. The van der Waals surface area contributed by atoms with Crippen LogP contribution in [0.2, 0.25) is 0 Å². The van der Waals surface area contributed by atoms with Crippen molar-refractivity contribution in [1.82, 2.24) is 9.80 Å². The van der Waals surface area contributed by atoms with Crippen LogP contribution in [-0.2, 0) is 19.1 Å². The van der Waals surface area contributed by atoms with Crippen LogP contribution in [-0.4, -0.2) is 72.3 Å². The van der Waals surface area contributed by atoms with Crippen molar-refractivity contribution in [3.63, 3.8) is 0 Å². The van der Waals surface area contributed by atoms with Gasteiger partial charge in [0, 0.05) is 45.1 Å². The van der Waals surface area contributed by atoms with E-state index < -0.39 is 12.1 Å². The molecule has 0 aliphatic carbocycles. The average molecular weight is 404 g/mol. The molecule has 158 valence electrons. The first-order chi connectivity index (χ1) is 13.8. The third-order valence-corrected chi connectivity index (χ3v) is 4.74. The van der Waals surface area contributed by atoms with Crippen molar-refractivity contribution in [2.75, 3.05) is 32.8 Å². The van der Waals surface area contributed by atoms with Gasteiger partial charge in [0.25, 0.3) is 5.91 Å². The van der Waals surface area contributed by atoms with Gasteiger partial charge in [-0.1, -0.05) is 0 Å². The Hall–Kier alpha value is -2.90. The highest BCUT2D eigenvalue weighted by Crippen LogP contribution is 2.14. The Balaban J connectivity index is 1.75. The zero-order valence-electron chi connectivity index (χ0n) is 17.2. The zero-order chi connectivity index (χ0) is 21.4. The van der Waals surface area contributed by atoms with E-state index in [1.807, 2.05) is 6.92 Å². The van der Waals surface area contributed by atoms with Gasteiger partial charge < -0.3 is 19.3 Å². The van der Waals surface area contributed by atoms with Crippen LogP contribution in [0.5, 0.6) is 5.75 Å². The van der Waals surface area contributed by atoms with Crippen molar-refractivity contribution in [3.8, 4) is 5.75 Å². The molecule has 8 nitrogen and oxygen atoms in total. The lowest BCUT2D eigenvalue weighted by molar-refractivity contribution is -0.160. The van der Waals surface area contributed by atoms with Gasteiger partial charge in [-0.05, 0) is 38.1 Å². The van der Waals surface area contributed by atoms with Crippen molar-refractivity contribution in [2.45, 2.75) is 39.7 Å². The lowest BCUT2D eigenvalue weighted by atomic mass is 10.1. The van der Waals surface area contributed by atoms with Crippen molar-refractivity contribution in [3.05, 3.63) is 29.8 Å². The molecule has 29 heavy (non-hydrogen) atoms. The second kappa shape index (κ2) is 10.6. The first kappa shape index (κ1) is 22.4. The molecule has 8 heteroatoms. The van der Waals surface area contributed by atoms with Gasteiger partial charge in [0.05, 0.1) is 13.0 Å². The number of carbonyl (C=O) groups excluding carboxylic acids is 4. The van der Waals surface area contributed by atoms with Gasteiger partial charge in [0.1, 0.15) is 5.75 Å². The number of nitrogens with zero attached hydrogens (tertiary/aromatic N) is 2. The molecule has 0 radical (unpaired) electrons. The predicted molar refractivity (Wildman–Crippen MR) is 106 cm³/mol. The quantitative estimate of drug-likeness (QED) is 0.483. The molecule has 1 aromatic rings. The molecule has 2 amide bonds. The number of amides is 2. The van der Waals surface area contributed by atoms with Gasteiger partial charge in [-0.15, -0.1) is 0 Å². The summed E-state index contributed by atoms with van der Waals surface area (Å²) < 4.78 is 10.5. The number of ether oxygens (including phenoxy) is 2. The number of hydrogen-bond acceptors (Lipinski definition) is 6. The Morgan fingerprint density at radius 2 is 1.55 bits per heavy atom. The second-order valence-electron chi connectivity index (χ2n) is 6.84. The summed E-state index contributed by atoms with van der Waals surface area (Å²) in [5, 5.41) is 0. The van der Waals surface area contributed by atoms with Crippen LogP contribution in [0, 0.1) is 0 Å². The molecule has 0 bridgehead atoms. The number of piperazine rings is 1. The van der Waals surface area contributed by atoms with Crippen LogP contribution in [0.15, 0.2) is 24.3 Å². The van der Waals surface area contributed by atoms with Crippen LogP contribution >= 0.6 is 0 Å². The maximum absolute atomic E-state index is 12.4. The molecule has 1 heterocycles. The van der Waals surface area contributed by atoms with E-state index in [-0.39, 0.29) is 30.4 Å².